The molecule has 49 heavy (non-hydrogen) atoms. The number of aromatic nitrogens is 3. The largest absolute Gasteiger partial charge is 0.478 e. The van der Waals surface area contributed by atoms with Gasteiger partial charge < -0.3 is 21.5 Å². The number of hydrogen-bond donors (Lipinski definition) is 4. The zero-order valence-corrected chi connectivity index (χ0v) is 29.7. The van der Waals surface area contributed by atoms with Crippen molar-refractivity contribution in [3.05, 3.63) is 91.8 Å². The number of hydrogen-bond acceptors (Lipinski definition) is 8. The number of amides is 2. The summed E-state index contributed by atoms with van der Waals surface area (Å²) in [7, 11) is 0. The second-order valence-electron chi connectivity index (χ2n) is 11.4. The van der Waals surface area contributed by atoms with Crippen LogP contribution >= 0.6 is 35.3 Å². The first kappa shape index (κ1) is 37.3. The summed E-state index contributed by atoms with van der Waals surface area (Å²) < 4.78 is 2.02. The maximum Gasteiger partial charge on any atom is 0.336 e. The van der Waals surface area contributed by atoms with E-state index in [4.69, 9.17) is 22.3 Å². The van der Waals surface area contributed by atoms with Gasteiger partial charge in [-0.25, -0.2) is 4.79 Å². The normalized spacial score (nSPS) is 13.1. The molecule has 0 saturated carbocycles. The Labute approximate surface area is 299 Å². The van der Waals surface area contributed by atoms with Gasteiger partial charge in [0.25, 0.3) is 0 Å². The van der Waals surface area contributed by atoms with Gasteiger partial charge in [-0.15, -0.1) is 33.9 Å². The van der Waals surface area contributed by atoms with Gasteiger partial charge in [0, 0.05) is 45.2 Å². The molecule has 14 heteroatoms. The van der Waals surface area contributed by atoms with Crippen molar-refractivity contribution >= 4 is 64.5 Å². The van der Waals surface area contributed by atoms with Gasteiger partial charge in [-0.05, 0) is 69.5 Å². The highest BCUT2D eigenvalue weighted by atomic mass is 35.5. The lowest BCUT2D eigenvalue weighted by Crippen LogP contribution is -2.26. The first-order chi connectivity index (χ1) is 23.1. The maximum atomic E-state index is 13.2. The fourth-order valence-electron chi connectivity index (χ4n) is 5.48. The Balaban J connectivity index is 0.00000541. The minimum atomic E-state index is -1.11. The van der Waals surface area contributed by atoms with Gasteiger partial charge in [-0.3, -0.25) is 19.1 Å². The van der Waals surface area contributed by atoms with Crippen molar-refractivity contribution in [1.29, 1.82) is 0 Å². The summed E-state index contributed by atoms with van der Waals surface area (Å²) >= 11 is 7.86. The molecular weight excluding hydrogens is 685 g/mol. The lowest BCUT2D eigenvalue weighted by atomic mass is 9.99. The van der Waals surface area contributed by atoms with E-state index in [9.17, 15) is 19.5 Å². The second-order valence-corrected chi connectivity index (χ2v) is 13.0. The Bertz CT molecular complexity index is 1960. The van der Waals surface area contributed by atoms with Crippen LogP contribution in [0.25, 0.3) is 5.00 Å². The lowest BCUT2D eigenvalue weighted by molar-refractivity contribution is -0.121. The fourth-order valence-corrected chi connectivity index (χ4v) is 6.82. The number of fused-ring (bicyclic) bond motifs is 3. The molecule has 2 aromatic heterocycles. The number of carboxylic acid groups (broad SMARTS) is 1. The number of thiophene rings is 1. The van der Waals surface area contributed by atoms with Crippen LogP contribution in [0.3, 0.4) is 0 Å². The number of carbonyl (C=O) groups is 3. The number of rotatable bonds is 11. The summed E-state index contributed by atoms with van der Waals surface area (Å²) in [5.41, 5.74) is 10.0. The average molecular weight is 723 g/mol. The standard InChI is InChI=1S/C35H36ClN7O4S.ClH/c1-20-21(2)48-34-31(20)32(23-10-12-25(36)13-11-23)40-28(33-42-41-22(3)43(33)34)19-30(45)38-17-6-4-5-9-29(44)39-26-14-15-27(35(46)47)24(18-26)8-7-16-37;/h10-15,18,28H,4-6,9,16-17,19,37H2,1-3H3,(H,38,45)(H,39,44)(H,46,47);1H/t28-;/m0./s1. The number of aliphatic imine (C=N–C) groups is 1. The van der Waals surface area contributed by atoms with E-state index in [1.165, 1.54) is 23.1 Å². The van der Waals surface area contributed by atoms with Crippen molar-refractivity contribution < 1.29 is 19.5 Å². The molecule has 5 N–H and O–H groups in total. The second kappa shape index (κ2) is 16.7. The van der Waals surface area contributed by atoms with E-state index < -0.39 is 12.0 Å². The van der Waals surface area contributed by atoms with Crippen LogP contribution in [0.4, 0.5) is 5.69 Å². The topological polar surface area (TPSA) is 165 Å². The zero-order chi connectivity index (χ0) is 34.4. The molecule has 11 nitrogen and oxygen atoms in total. The van der Waals surface area contributed by atoms with Gasteiger partial charge in [0.1, 0.15) is 16.9 Å². The van der Waals surface area contributed by atoms with Gasteiger partial charge in [-0.2, -0.15) is 0 Å². The number of nitrogens with one attached hydrogen (secondary N) is 2. The molecule has 1 atom stereocenters. The molecule has 0 bridgehead atoms. The number of unbranched alkanes of at least 4 members (excludes halogenated alkanes) is 2. The van der Waals surface area contributed by atoms with Crippen LogP contribution in [0.2, 0.25) is 5.02 Å². The molecule has 0 unspecified atom stereocenters. The third-order valence-electron chi connectivity index (χ3n) is 8.00. The van der Waals surface area contributed by atoms with Gasteiger partial charge in [-0.1, -0.05) is 42.0 Å². The quantitative estimate of drug-likeness (QED) is 0.110. The molecule has 0 saturated heterocycles. The van der Waals surface area contributed by atoms with E-state index in [2.05, 4.69) is 46.5 Å². The van der Waals surface area contributed by atoms with Crippen LogP contribution < -0.4 is 16.4 Å². The molecule has 3 heterocycles. The Morgan fingerprint density at radius 2 is 1.80 bits per heavy atom. The van der Waals surface area contributed by atoms with Crippen LogP contribution in [0.5, 0.6) is 0 Å². The Hall–Kier alpha value is -4.54. The van der Waals surface area contributed by atoms with E-state index in [-0.39, 0.29) is 54.7 Å². The first-order valence-corrected chi connectivity index (χ1v) is 16.8. The summed E-state index contributed by atoms with van der Waals surface area (Å²) in [5.74, 6) is 5.28. The highest BCUT2D eigenvalue weighted by Crippen LogP contribution is 2.39. The Kier molecular flexibility index (Phi) is 12.7. The molecule has 2 amide bonds. The minimum absolute atomic E-state index is 0. The predicted molar refractivity (Wildman–Crippen MR) is 195 cm³/mol. The Morgan fingerprint density at radius 1 is 1.04 bits per heavy atom. The van der Waals surface area contributed by atoms with E-state index in [0.717, 1.165) is 39.6 Å². The number of anilines is 1. The highest BCUT2D eigenvalue weighted by Gasteiger charge is 2.32. The first-order valence-electron chi connectivity index (χ1n) is 15.6. The summed E-state index contributed by atoms with van der Waals surface area (Å²) in [4.78, 5) is 43.5. The number of aryl methyl sites for hydroxylation is 2. The molecule has 1 aliphatic rings. The van der Waals surface area contributed by atoms with E-state index in [1.807, 2.05) is 35.8 Å². The molecule has 4 aromatic rings. The van der Waals surface area contributed by atoms with Crippen molar-refractivity contribution in [2.45, 2.75) is 58.9 Å². The number of aromatic carboxylic acids is 1. The van der Waals surface area contributed by atoms with Crippen molar-refractivity contribution in [2.75, 3.05) is 18.4 Å². The lowest BCUT2D eigenvalue weighted by Gasteiger charge is -2.13. The van der Waals surface area contributed by atoms with Gasteiger partial charge in [0.2, 0.25) is 11.8 Å². The molecule has 5 rings (SSSR count). The molecule has 0 spiro atoms. The van der Waals surface area contributed by atoms with Crippen LogP contribution in [0.1, 0.15) is 87.3 Å². The number of carbonyl (C=O) groups excluding carboxylic acids is 2. The van der Waals surface area contributed by atoms with Gasteiger partial charge >= 0.3 is 5.97 Å². The number of carboxylic acids is 1. The van der Waals surface area contributed by atoms with Crippen molar-refractivity contribution in [2.24, 2.45) is 10.7 Å². The molecule has 1 aliphatic heterocycles. The molecule has 0 radical (unpaired) electrons. The van der Waals surface area contributed by atoms with Crippen molar-refractivity contribution in [3.8, 4) is 16.8 Å². The monoisotopic (exact) mass is 721 g/mol. The molecule has 0 fully saturated rings. The Morgan fingerprint density at radius 3 is 2.51 bits per heavy atom. The maximum absolute atomic E-state index is 13.2. The highest BCUT2D eigenvalue weighted by molar-refractivity contribution is 7.15. The van der Waals surface area contributed by atoms with Crippen LogP contribution in [-0.4, -0.2) is 56.5 Å². The van der Waals surface area contributed by atoms with E-state index >= 15 is 0 Å². The number of halogens is 2. The molecule has 2 aromatic carbocycles. The van der Waals surface area contributed by atoms with E-state index in [1.54, 1.807) is 11.3 Å². The third-order valence-corrected chi connectivity index (χ3v) is 9.44. The summed E-state index contributed by atoms with van der Waals surface area (Å²) in [6.07, 6.45) is 2.42. The van der Waals surface area contributed by atoms with Crippen LogP contribution in [-0.2, 0) is 9.59 Å². The average Bonchev–Trinajstić information content (AvgIpc) is 3.53. The fraction of sp³-hybridized carbons (Fsp3) is 0.314. The summed E-state index contributed by atoms with van der Waals surface area (Å²) in [6, 6.07) is 11.5. The third kappa shape index (κ3) is 8.74. The minimum Gasteiger partial charge on any atom is -0.478 e. The zero-order valence-electron chi connectivity index (χ0n) is 27.3. The van der Waals surface area contributed by atoms with E-state index in [0.29, 0.717) is 35.9 Å². The summed E-state index contributed by atoms with van der Waals surface area (Å²) in [5, 5.41) is 25.6. The van der Waals surface area contributed by atoms with Crippen LogP contribution in [0, 0.1) is 32.6 Å². The van der Waals surface area contributed by atoms with Gasteiger partial charge in [0.15, 0.2) is 5.82 Å². The van der Waals surface area contributed by atoms with Crippen molar-refractivity contribution in [1.82, 2.24) is 20.1 Å². The SMILES string of the molecule is Cc1sc2c(c1C)C(c1ccc(Cl)cc1)=N[C@@H](CC(=O)NCCCCCC(=O)Nc1ccc(C(=O)O)c(C#CCN)c1)c1nnc(C)n1-2.Cl. The number of benzene rings is 2. The molecular formula is C35H37Cl2N7O4S. The van der Waals surface area contributed by atoms with Gasteiger partial charge in [0.05, 0.1) is 24.2 Å². The smallest absolute Gasteiger partial charge is 0.336 e. The number of nitrogens with two attached hydrogens (primary N) is 1. The molecule has 0 aliphatic carbocycles. The molecule has 256 valence electrons. The van der Waals surface area contributed by atoms with Crippen LogP contribution in [0.15, 0.2) is 47.5 Å². The summed E-state index contributed by atoms with van der Waals surface area (Å²) in [6.45, 7) is 6.62. The van der Waals surface area contributed by atoms with Crippen molar-refractivity contribution in [3.63, 3.8) is 0 Å². The predicted octanol–water partition coefficient (Wildman–Crippen LogP) is 5.94. The number of nitrogens with zero attached hydrogens (tertiary/aromatic N) is 4.